The molecule has 43 heavy (non-hydrogen) atoms. The Morgan fingerprint density at radius 1 is 1.00 bits per heavy atom. The van der Waals surface area contributed by atoms with Crippen LogP contribution >= 0.6 is 0 Å². The zero-order valence-corrected chi connectivity index (χ0v) is 24.0. The molecule has 3 aliphatic rings. The van der Waals surface area contributed by atoms with Crippen LogP contribution in [0, 0.1) is 0 Å². The van der Waals surface area contributed by atoms with E-state index in [9.17, 15) is 42.9 Å². The minimum absolute atomic E-state index is 0.324. The first-order valence-corrected chi connectivity index (χ1v) is 14.6. The Bertz CT molecular complexity index is 1560. The third-order valence-corrected chi connectivity index (χ3v) is 10.3. The molecular formula is C28H29NO13S. The molecule has 15 heteroatoms. The van der Waals surface area contributed by atoms with Gasteiger partial charge in [-0.2, -0.15) is 0 Å². The van der Waals surface area contributed by atoms with E-state index in [1.807, 2.05) is 0 Å². The van der Waals surface area contributed by atoms with Crippen LogP contribution in [-0.4, -0.2) is 100 Å². The second-order valence-corrected chi connectivity index (χ2v) is 13.1. The summed E-state index contributed by atoms with van der Waals surface area (Å²) in [5.41, 5.74) is -3.17. The number of carbonyl (C=O) groups is 4. The van der Waals surface area contributed by atoms with Crippen molar-refractivity contribution in [2.45, 2.75) is 72.3 Å². The van der Waals surface area contributed by atoms with Gasteiger partial charge in [0.05, 0.1) is 25.0 Å². The number of methoxy groups -OCH3 is 1. The molecule has 2 amide bonds. The van der Waals surface area contributed by atoms with Crippen LogP contribution in [0.2, 0.25) is 0 Å². The van der Waals surface area contributed by atoms with E-state index in [-0.39, 0.29) is 11.4 Å². The van der Waals surface area contributed by atoms with Gasteiger partial charge < -0.3 is 34.3 Å². The lowest BCUT2D eigenvalue weighted by molar-refractivity contribution is -0.225. The largest absolute Gasteiger partial charge is 0.497 e. The van der Waals surface area contributed by atoms with Gasteiger partial charge in [-0.1, -0.05) is 30.3 Å². The standard InChI is InChI=1S/C28H29NO13S/c1-26(2)41-19-20(42-26)22(28(36,24(32)33)25(34)35)40-21(19)27(43(37,38)17-7-5-4-6-8-17)13-18(30)29(23(27)31)14-15-9-11-16(39-3)12-10-15/h4-12,19-22,36H,13-14H2,1-3H3,(H,32,33)(H,34,35)/t19-,20+,21-,22+,27?/m0/s1. The Morgan fingerprint density at radius 2 is 1.58 bits per heavy atom. The zero-order valence-electron chi connectivity index (χ0n) is 23.2. The zero-order chi connectivity index (χ0) is 31.5. The number of hydrogen-bond donors (Lipinski definition) is 3. The minimum Gasteiger partial charge on any atom is -0.497 e. The number of amides is 2. The molecule has 0 aromatic heterocycles. The first-order chi connectivity index (χ1) is 20.1. The van der Waals surface area contributed by atoms with E-state index in [0.29, 0.717) is 11.3 Å². The molecule has 2 aromatic carbocycles. The Balaban J connectivity index is 1.67. The van der Waals surface area contributed by atoms with Gasteiger partial charge in [0.2, 0.25) is 5.91 Å². The smallest absolute Gasteiger partial charge is 0.350 e. The summed E-state index contributed by atoms with van der Waals surface area (Å²) >= 11 is 0. The summed E-state index contributed by atoms with van der Waals surface area (Å²) in [5, 5.41) is 30.4. The van der Waals surface area contributed by atoms with Gasteiger partial charge in [0.25, 0.3) is 11.5 Å². The number of hydrogen-bond acceptors (Lipinski definition) is 11. The highest BCUT2D eigenvalue weighted by Crippen LogP contribution is 2.51. The number of aliphatic carboxylic acids is 2. The van der Waals surface area contributed by atoms with Crippen molar-refractivity contribution in [3.05, 3.63) is 60.2 Å². The third kappa shape index (κ3) is 4.58. The Hall–Kier alpha value is -3.89. The van der Waals surface area contributed by atoms with Crippen LogP contribution in [0.4, 0.5) is 0 Å². The summed E-state index contributed by atoms with van der Waals surface area (Å²) in [6.07, 6.45) is -8.39. The summed E-state index contributed by atoms with van der Waals surface area (Å²) < 4.78 is 48.7. The van der Waals surface area contributed by atoms with Crippen molar-refractivity contribution in [1.29, 1.82) is 0 Å². The van der Waals surface area contributed by atoms with Crippen molar-refractivity contribution in [2.24, 2.45) is 0 Å². The molecule has 14 nitrogen and oxygen atoms in total. The fraction of sp³-hybridized carbons (Fsp3) is 0.429. The number of fused-ring (bicyclic) bond motifs is 1. The molecule has 3 heterocycles. The van der Waals surface area contributed by atoms with Crippen LogP contribution in [0.5, 0.6) is 5.75 Å². The van der Waals surface area contributed by atoms with Crippen LogP contribution in [0.25, 0.3) is 0 Å². The number of benzene rings is 2. The monoisotopic (exact) mass is 619 g/mol. The van der Waals surface area contributed by atoms with Crippen molar-refractivity contribution in [2.75, 3.05) is 7.11 Å². The highest BCUT2D eigenvalue weighted by atomic mass is 32.2. The number of carboxylic acids is 2. The second kappa shape index (κ2) is 10.4. The van der Waals surface area contributed by atoms with Crippen molar-refractivity contribution >= 4 is 33.6 Å². The lowest BCUT2D eigenvalue weighted by Gasteiger charge is -2.36. The fourth-order valence-electron chi connectivity index (χ4n) is 5.85. The molecule has 0 bridgehead atoms. The molecule has 2 aromatic rings. The van der Waals surface area contributed by atoms with Crippen LogP contribution in [0.3, 0.4) is 0 Å². The third-order valence-electron chi connectivity index (χ3n) is 7.93. The molecule has 3 saturated heterocycles. The van der Waals surface area contributed by atoms with Crippen LogP contribution in [0.1, 0.15) is 25.8 Å². The highest BCUT2D eigenvalue weighted by Gasteiger charge is 2.75. The Labute approximate surface area is 245 Å². The number of imide groups is 1. The van der Waals surface area contributed by atoms with Crippen molar-refractivity contribution in [3.63, 3.8) is 0 Å². The number of rotatable bonds is 9. The molecule has 0 radical (unpaired) electrons. The van der Waals surface area contributed by atoms with Gasteiger partial charge in [0, 0.05) is 0 Å². The molecule has 3 aliphatic heterocycles. The van der Waals surface area contributed by atoms with E-state index < -0.39 is 80.6 Å². The summed E-state index contributed by atoms with van der Waals surface area (Å²) in [6.45, 7) is 2.47. The topological polar surface area (TPSA) is 203 Å². The lowest BCUT2D eigenvalue weighted by atomic mass is 9.89. The van der Waals surface area contributed by atoms with Gasteiger partial charge in [0.1, 0.15) is 30.2 Å². The van der Waals surface area contributed by atoms with Gasteiger partial charge in [-0.25, -0.2) is 18.0 Å². The number of sulfone groups is 1. The van der Waals surface area contributed by atoms with Crippen molar-refractivity contribution < 1.29 is 61.9 Å². The average molecular weight is 620 g/mol. The number of likely N-dealkylation sites (tertiary alicyclic amines) is 1. The molecule has 0 spiro atoms. The Morgan fingerprint density at radius 3 is 2.14 bits per heavy atom. The normalized spacial score (nSPS) is 28.6. The maximum Gasteiger partial charge on any atom is 0.350 e. The first kappa shape index (κ1) is 30.6. The second-order valence-electron chi connectivity index (χ2n) is 10.9. The van der Waals surface area contributed by atoms with Gasteiger partial charge >= 0.3 is 11.9 Å². The first-order valence-electron chi connectivity index (χ1n) is 13.1. The van der Waals surface area contributed by atoms with Gasteiger partial charge in [-0.05, 0) is 43.7 Å². The Kier molecular flexibility index (Phi) is 7.38. The summed E-state index contributed by atoms with van der Waals surface area (Å²) in [7, 11) is -3.40. The van der Waals surface area contributed by atoms with E-state index in [2.05, 4.69) is 0 Å². The van der Waals surface area contributed by atoms with E-state index in [0.717, 1.165) is 4.90 Å². The fourth-order valence-corrected chi connectivity index (χ4v) is 7.94. The molecule has 5 atom stereocenters. The summed E-state index contributed by atoms with van der Waals surface area (Å²) in [6, 6.07) is 13.1. The van der Waals surface area contributed by atoms with Gasteiger partial charge in [0.15, 0.2) is 20.4 Å². The van der Waals surface area contributed by atoms with Crippen molar-refractivity contribution in [3.8, 4) is 5.75 Å². The maximum absolute atomic E-state index is 14.5. The number of aliphatic hydroxyl groups is 1. The van der Waals surface area contributed by atoms with Crippen molar-refractivity contribution in [1.82, 2.24) is 4.90 Å². The molecule has 5 rings (SSSR count). The molecule has 3 fully saturated rings. The number of carbonyl (C=O) groups excluding carboxylic acids is 2. The predicted molar refractivity (Wildman–Crippen MR) is 142 cm³/mol. The van der Waals surface area contributed by atoms with Crippen LogP contribution in [0.15, 0.2) is 59.5 Å². The van der Waals surface area contributed by atoms with Gasteiger partial charge in [-0.3, -0.25) is 14.5 Å². The summed E-state index contributed by atoms with van der Waals surface area (Å²) in [5.74, 6) is -7.54. The lowest BCUT2D eigenvalue weighted by Crippen LogP contribution is -2.61. The predicted octanol–water partition coefficient (Wildman–Crippen LogP) is 0.355. The van der Waals surface area contributed by atoms with E-state index in [1.54, 1.807) is 24.3 Å². The number of carboxylic acid groups (broad SMARTS) is 2. The molecule has 230 valence electrons. The maximum atomic E-state index is 14.5. The van der Waals surface area contributed by atoms with Gasteiger partial charge in [-0.15, -0.1) is 0 Å². The molecule has 0 saturated carbocycles. The number of ether oxygens (including phenoxy) is 4. The van der Waals surface area contributed by atoms with E-state index >= 15 is 0 Å². The van der Waals surface area contributed by atoms with E-state index in [4.69, 9.17) is 18.9 Å². The summed E-state index contributed by atoms with van der Waals surface area (Å²) in [4.78, 5) is 52.5. The van der Waals surface area contributed by atoms with Crippen LogP contribution < -0.4 is 4.74 Å². The van der Waals surface area contributed by atoms with E-state index in [1.165, 1.54) is 51.3 Å². The average Bonchev–Trinajstić information content (AvgIpc) is 3.55. The molecule has 0 aliphatic carbocycles. The molecule has 3 N–H and O–H groups in total. The number of nitrogens with zero attached hydrogens (tertiary/aromatic N) is 1. The molecular weight excluding hydrogens is 590 g/mol. The minimum atomic E-state index is -4.86. The van der Waals surface area contributed by atoms with Crippen LogP contribution in [-0.2, 0) is 49.8 Å². The highest BCUT2D eigenvalue weighted by molar-refractivity contribution is 7.93. The SMILES string of the molecule is COc1ccc(CN2C(=O)CC([C@H]3O[C@@H](C(O)(C(=O)O)C(=O)O)[C@@H]4OC(C)(C)O[C@@H]43)(S(=O)(=O)c3ccccc3)C2=O)cc1. The quantitative estimate of drug-likeness (QED) is 0.257. The molecule has 1 unspecified atom stereocenters.